The summed E-state index contributed by atoms with van der Waals surface area (Å²) in [5, 5.41) is 3.23. The number of amides is 1. The van der Waals surface area contributed by atoms with Gasteiger partial charge >= 0.3 is 0 Å². The predicted molar refractivity (Wildman–Crippen MR) is 133 cm³/mol. The second-order valence-corrected chi connectivity index (χ2v) is 9.48. The third-order valence-electron chi connectivity index (χ3n) is 7.21. The molecule has 1 aromatic carbocycles. The van der Waals surface area contributed by atoms with Gasteiger partial charge in [0.1, 0.15) is 11.2 Å². The molecule has 2 heterocycles. The smallest absolute Gasteiger partial charge is 0.275 e. The number of benzene rings is 1. The van der Waals surface area contributed by atoms with Gasteiger partial charge in [-0.15, -0.1) is 0 Å². The quantitative estimate of drug-likeness (QED) is 0.495. The summed E-state index contributed by atoms with van der Waals surface area (Å²) in [6, 6.07) is 14.1. The molecule has 1 saturated carbocycles. The highest BCUT2D eigenvalue weighted by molar-refractivity contribution is 5.93. The van der Waals surface area contributed by atoms with Crippen LogP contribution in [0, 0.1) is 0 Å². The van der Waals surface area contributed by atoms with Gasteiger partial charge < -0.3 is 14.3 Å². The standard InChI is InChI=1S/C28H33N3O2/c32-27(29-23-14-8-3-9-15-23)26-20-31-24(22-12-6-2-7-13-22)16-17-25(31)28(33)30(26)19-18-21-10-4-1-5-11-21/h2,6-7,10,12-13,16-17,20,23H,1,3-5,8-9,11,14-15,18-19H2,(H,29,32). The lowest BCUT2D eigenvalue weighted by Crippen LogP contribution is -2.40. The fraction of sp³-hybridized carbons (Fsp3) is 0.429. The summed E-state index contributed by atoms with van der Waals surface area (Å²) in [7, 11) is 0. The summed E-state index contributed by atoms with van der Waals surface area (Å²) in [4.78, 5) is 27.1. The lowest BCUT2D eigenvalue weighted by atomic mass is 9.95. The topological polar surface area (TPSA) is 55.5 Å². The van der Waals surface area contributed by atoms with Gasteiger partial charge in [0, 0.05) is 18.8 Å². The van der Waals surface area contributed by atoms with Crippen LogP contribution >= 0.6 is 0 Å². The minimum absolute atomic E-state index is 0.0927. The van der Waals surface area contributed by atoms with Gasteiger partial charge in [-0.25, -0.2) is 0 Å². The van der Waals surface area contributed by atoms with Gasteiger partial charge in [-0.2, -0.15) is 0 Å². The Balaban J connectivity index is 1.54. The molecule has 0 radical (unpaired) electrons. The van der Waals surface area contributed by atoms with Crippen molar-refractivity contribution in [2.75, 3.05) is 0 Å². The minimum atomic E-state index is -0.133. The van der Waals surface area contributed by atoms with Gasteiger partial charge in [0.15, 0.2) is 0 Å². The number of fused-ring (bicyclic) bond motifs is 1. The highest BCUT2D eigenvalue weighted by atomic mass is 16.2. The third kappa shape index (κ3) is 4.68. The molecule has 2 aliphatic carbocycles. The highest BCUT2D eigenvalue weighted by Gasteiger charge is 2.22. The van der Waals surface area contributed by atoms with Gasteiger partial charge in [-0.05, 0) is 62.6 Å². The molecule has 1 amide bonds. The summed E-state index contributed by atoms with van der Waals surface area (Å²) < 4.78 is 3.60. The summed E-state index contributed by atoms with van der Waals surface area (Å²) in [6.07, 6.45) is 15.3. The fourth-order valence-corrected chi connectivity index (χ4v) is 5.34. The Morgan fingerprint density at radius 2 is 1.79 bits per heavy atom. The van der Waals surface area contributed by atoms with Gasteiger partial charge in [0.2, 0.25) is 0 Å². The molecule has 0 bridgehead atoms. The van der Waals surface area contributed by atoms with Crippen LogP contribution in [-0.4, -0.2) is 20.9 Å². The monoisotopic (exact) mass is 443 g/mol. The average molecular weight is 444 g/mol. The Bertz CT molecular complexity index is 1210. The van der Waals surface area contributed by atoms with Gasteiger partial charge in [0.25, 0.3) is 11.5 Å². The number of aromatic nitrogens is 2. The Morgan fingerprint density at radius 3 is 2.55 bits per heavy atom. The van der Waals surface area contributed by atoms with Crippen LogP contribution in [0.4, 0.5) is 0 Å². The number of hydrogen-bond donors (Lipinski definition) is 1. The number of nitrogens with one attached hydrogen (secondary N) is 1. The van der Waals surface area contributed by atoms with E-state index in [0.29, 0.717) is 17.8 Å². The third-order valence-corrected chi connectivity index (χ3v) is 7.21. The summed E-state index contributed by atoms with van der Waals surface area (Å²) in [5.41, 5.74) is 4.35. The van der Waals surface area contributed by atoms with E-state index in [4.69, 9.17) is 0 Å². The van der Waals surface area contributed by atoms with Crippen LogP contribution in [-0.2, 0) is 6.54 Å². The van der Waals surface area contributed by atoms with E-state index in [-0.39, 0.29) is 17.5 Å². The van der Waals surface area contributed by atoms with E-state index in [1.807, 2.05) is 53.1 Å². The van der Waals surface area contributed by atoms with Crippen LogP contribution in [0.2, 0.25) is 0 Å². The number of allylic oxidation sites excluding steroid dienone is 2. The van der Waals surface area contributed by atoms with Gasteiger partial charge in [0.05, 0.1) is 5.69 Å². The molecule has 172 valence electrons. The van der Waals surface area contributed by atoms with Gasteiger partial charge in [-0.1, -0.05) is 61.2 Å². The lowest BCUT2D eigenvalue weighted by Gasteiger charge is -2.24. The minimum Gasteiger partial charge on any atom is -0.348 e. The van der Waals surface area contributed by atoms with Crippen LogP contribution in [0.15, 0.2) is 65.1 Å². The normalized spacial score (nSPS) is 17.2. The van der Waals surface area contributed by atoms with Crippen LogP contribution < -0.4 is 10.9 Å². The van der Waals surface area contributed by atoms with Crippen molar-refractivity contribution in [2.45, 2.75) is 76.8 Å². The van der Waals surface area contributed by atoms with Crippen molar-refractivity contribution in [3.05, 3.63) is 76.4 Å². The van der Waals surface area contributed by atoms with Crippen molar-refractivity contribution in [2.24, 2.45) is 0 Å². The Kier molecular flexibility index (Phi) is 6.47. The second kappa shape index (κ2) is 9.82. The molecule has 0 aliphatic heterocycles. The fourth-order valence-electron chi connectivity index (χ4n) is 5.34. The van der Waals surface area contributed by atoms with E-state index < -0.39 is 0 Å². The van der Waals surface area contributed by atoms with Crippen molar-refractivity contribution in [1.82, 2.24) is 14.3 Å². The van der Waals surface area contributed by atoms with Gasteiger partial charge in [-0.3, -0.25) is 9.59 Å². The van der Waals surface area contributed by atoms with Crippen LogP contribution in [0.3, 0.4) is 0 Å². The summed E-state index contributed by atoms with van der Waals surface area (Å²) >= 11 is 0. The molecule has 5 nitrogen and oxygen atoms in total. The molecular weight excluding hydrogens is 410 g/mol. The summed E-state index contributed by atoms with van der Waals surface area (Å²) in [6.45, 7) is 0.542. The zero-order chi connectivity index (χ0) is 22.6. The Hall–Kier alpha value is -3.08. The maximum Gasteiger partial charge on any atom is 0.275 e. The molecule has 33 heavy (non-hydrogen) atoms. The predicted octanol–water partition coefficient (Wildman–Crippen LogP) is 5.72. The molecule has 2 aromatic heterocycles. The Labute approximate surface area is 195 Å². The van der Waals surface area contributed by atoms with Crippen LogP contribution in [0.5, 0.6) is 0 Å². The van der Waals surface area contributed by atoms with E-state index in [0.717, 1.165) is 56.2 Å². The Morgan fingerprint density at radius 1 is 0.970 bits per heavy atom. The molecule has 1 N–H and O–H groups in total. The first-order valence-electron chi connectivity index (χ1n) is 12.5. The molecule has 5 heteroatoms. The molecule has 0 atom stereocenters. The molecule has 3 aromatic rings. The van der Waals surface area contributed by atoms with E-state index in [1.54, 1.807) is 4.57 Å². The van der Waals surface area contributed by atoms with E-state index in [2.05, 4.69) is 11.4 Å². The zero-order valence-corrected chi connectivity index (χ0v) is 19.3. The zero-order valence-electron chi connectivity index (χ0n) is 19.3. The lowest BCUT2D eigenvalue weighted by molar-refractivity contribution is 0.0916. The van der Waals surface area contributed by atoms with E-state index in [9.17, 15) is 9.59 Å². The maximum atomic E-state index is 13.6. The number of carbonyl (C=O) groups is 1. The molecule has 2 aliphatic rings. The van der Waals surface area contributed by atoms with E-state index >= 15 is 0 Å². The number of carbonyl (C=O) groups excluding carboxylic acids is 1. The molecule has 0 saturated heterocycles. The van der Waals surface area contributed by atoms with E-state index in [1.165, 1.54) is 24.8 Å². The van der Waals surface area contributed by atoms with Crippen molar-refractivity contribution in [3.63, 3.8) is 0 Å². The van der Waals surface area contributed by atoms with Crippen LogP contribution in [0.25, 0.3) is 16.8 Å². The highest BCUT2D eigenvalue weighted by Crippen LogP contribution is 2.24. The second-order valence-electron chi connectivity index (χ2n) is 9.48. The average Bonchev–Trinajstić information content (AvgIpc) is 3.29. The van der Waals surface area contributed by atoms with Crippen molar-refractivity contribution < 1.29 is 4.79 Å². The number of nitrogens with zero attached hydrogens (tertiary/aromatic N) is 2. The molecule has 1 fully saturated rings. The molecule has 0 spiro atoms. The summed E-state index contributed by atoms with van der Waals surface area (Å²) in [5.74, 6) is -0.133. The number of rotatable bonds is 6. The first-order valence-corrected chi connectivity index (χ1v) is 12.5. The van der Waals surface area contributed by atoms with Crippen molar-refractivity contribution >= 4 is 11.4 Å². The number of hydrogen-bond acceptors (Lipinski definition) is 2. The van der Waals surface area contributed by atoms with Crippen molar-refractivity contribution in [3.8, 4) is 11.3 Å². The van der Waals surface area contributed by atoms with Crippen LogP contribution in [0.1, 0.15) is 74.7 Å². The van der Waals surface area contributed by atoms with Crippen molar-refractivity contribution in [1.29, 1.82) is 0 Å². The maximum absolute atomic E-state index is 13.6. The molecule has 5 rings (SSSR count). The molecule has 0 unspecified atom stereocenters. The largest absolute Gasteiger partial charge is 0.348 e. The molecular formula is C28H33N3O2. The first kappa shape index (κ1) is 21.7. The SMILES string of the molecule is O=C(NC1CCCCC1)c1cn2c(-c3ccccc3)ccc2c(=O)n1CCC1=CCCCC1. The first-order chi connectivity index (χ1) is 16.2.